The van der Waals surface area contributed by atoms with Gasteiger partial charge in [-0.05, 0) is 12.1 Å². The van der Waals surface area contributed by atoms with E-state index in [9.17, 15) is 13.6 Å². The third-order valence-electron chi connectivity index (χ3n) is 1.39. The number of halogens is 3. The van der Waals surface area contributed by atoms with Crippen LogP contribution >= 0.6 is 11.6 Å². The highest BCUT2D eigenvalue weighted by molar-refractivity contribution is 6.30. The number of carbonyl (C=O) groups is 1. The van der Waals surface area contributed by atoms with Crippen LogP contribution in [0.5, 0.6) is 0 Å². The van der Waals surface area contributed by atoms with Crippen LogP contribution in [0.25, 0.3) is 0 Å². The Bertz CT molecular complexity index is 357. The van der Waals surface area contributed by atoms with Crippen LogP contribution in [-0.4, -0.2) is 5.91 Å². The molecule has 0 bridgehead atoms. The maximum absolute atomic E-state index is 12.9. The molecule has 0 aromatic heterocycles. The Kier molecular flexibility index (Phi) is 2.79. The molecular formula is C7H5ClF2N2O. The van der Waals surface area contributed by atoms with Crippen molar-refractivity contribution in [1.29, 1.82) is 0 Å². The molecular weight excluding hydrogens is 202 g/mol. The second kappa shape index (κ2) is 3.68. The average molecular weight is 207 g/mol. The number of nitrogens with one attached hydrogen (secondary N) is 1. The maximum Gasteiger partial charge on any atom is 0.268 e. The van der Waals surface area contributed by atoms with Gasteiger partial charge in [-0.25, -0.2) is 14.6 Å². The molecule has 6 heteroatoms. The Balaban J connectivity index is 3.23. The van der Waals surface area contributed by atoms with Crippen LogP contribution in [0.3, 0.4) is 0 Å². The molecule has 0 aliphatic rings. The van der Waals surface area contributed by atoms with Gasteiger partial charge >= 0.3 is 0 Å². The van der Waals surface area contributed by atoms with Crippen LogP contribution < -0.4 is 11.3 Å². The quantitative estimate of drug-likeness (QED) is 0.314. The van der Waals surface area contributed by atoms with Crippen molar-refractivity contribution in [3.05, 3.63) is 34.4 Å². The topological polar surface area (TPSA) is 55.1 Å². The molecule has 0 saturated heterocycles. The monoisotopic (exact) mass is 206 g/mol. The lowest BCUT2D eigenvalue weighted by atomic mass is 10.2. The molecule has 1 aromatic rings. The first-order valence-electron chi connectivity index (χ1n) is 3.21. The van der Waals surface area contributed by atoms with Gasteiger partial charge in [-0.15, -0.1) is 0 Å². The summed E-state index contributed by atoms with van der Waals surface area (Å²) in [6.45, 7) is 0. The Labute approximate surface area is 77.5 Å². The van der Waals surface area contributed by atoms with Gasteiger partial charge in [0, 0.05) is 0 Å². The average Bonchev–Trinajstić information content (AvgIpc) is 2.10. The van der Waals surface area contributed by atoms with Crippen LogP contribution in [0.4, 0.5) is 8.78 Å². The number of hydrogen-bond acceptors (Lipinski definition) is 2. The molecule has 0 spiro atoms. The van der Waals surface area contributed by atoms with Crippen molar-refractivity contribution in [1.82, 2.24) is 5.43 Å². The van der Waals surface area contributed by atoms with Gasteiger partial charge in [0.05, 0.1) is 10.6 Å². The highest BCUT2D eigenvalue weighted by atomic mass is 35.5. The highest BCUT2D eigenvalue weighted by Crippen LogP contribution is 2.18. The SMILES string of the molecule is NNC(=O)c1cc(F)c(Cl)cc1F. The van der Waals surface area contributed by atoms with E-state index >= 15 is 0 Å². The fourth-order valence-corrected chi connectivity index (χ4v) is 0.925. The first-order chi connectivity index (χ1) is 6.06. The van der Waals surface area contributed by atoms with E-state index < -0.39 is 23.1 Å². The molecule has 1 amide bonds. The summed E-state index contributed by atoms with van der Waals surface area (Å²) in [5, 5.41) is -0.383. The van der Waals surface area contributed by atoms with E-state index in [1.54, 1.807) is 5.43 Å². The molecule has 0 fully saturated rings. The van der Waals surface area contributed by atoms with Crippen LogP contribution in [0.15, 0.2) is 12.1 Å². The summed E-state index contributed by atoms with van der Waals surface area (Å²) >= 11 is 5.26. The maximum atomic E-state index is 12.9. The summed E-state index contributed by atoms with van der Waals surface area (Å²) in [6, 6.07) is 1.39. The van der Waals surface area contributed by atoms with Crippen LogP contribution in [0, 0.1) is 11.6 Å². The number of rotatable bonds is 1. The molecule has 0 aliphatic carbocycles. The second-order valence-electron chi connectivity index (χ2n) is 2.22. The fraction of sp³-hybridized carbons (Fsp3) is 0. The van der Waals surface area contributed by atoms with E-state index in [2.05, 4.69) is 0 Å². The summed E-state index contributed by atoms with van der Waals surface area (Å²) in [5.74, 6) is 2.03. The predicted octanol–water partition coefficient (Wildman–Crippen LogP) is 1.22. The fourth-order valence-electron chi connectivity index (χ4n) is 0.774. The summed E-state index contributed by atoms with van der Waals surface area (Å²) in [4.78, 5) is 10.8. The van der Waals surface area contributed by atoms with E-state index in [0.29, 0.717) is 12.1 Å². The minimum Gasteiger partial charge on any atom is -0.290 e. The van der Waals surface area contributed by atoms with Gasteiger partial charge < -0.3 is 0 Å². The van der Waals surface area contributed by atoms with Crippen molar-refractivity contribution in [3.8, 4) is 0 Å². The summed E-state index contributed by atoms with van der Waals surface area (Å²) in [6.07, 6.45) is 0. The molecule has 1 aromatic carbocycles. The molecule has 0 saturated carbocycles. The molecule has 3 N–H and O–H groups in total. The number of amides is 1. The Morgan fingerprint density at radius 1 is 1.38 bits per heavy atom. The highest BCUT2D eigenvalue weighted by Gasteiger charge is 2.13. The standard InChI is InChI=1S/C7H5ClF2N2O/c8-4-2-5(9)3(1-6(4)10)7(13)12-11/h1-2H,11H2,(H,12,13). The van der Waals surface area contributed by atoms with E-state index in [0.717, 1.165) is 0 Å². The molecule has 0 atom stereocenters. The van der Waals surface area contributed by atoms with E-state index in [-0.39, 0.29) is 5.02 Å². The van der Waals surface area contributed by atoms with E-state index in [1.807, 2.05) is 0 Å². The molecule has 0 unspecified atom stereocenters. The van der Waals surface area contributed by atoms with E-state index in [1.165, 1.54) is 0 Å². The van der Waals surface area contributed by atoms with Gasteiger partial charge in [-0.3, -0.25) is 10.2 Å². The van der Waals surface area contributed by atoms with Crippen molar-refractivity contribution >= 4 is 17.5 Å². The lowest BCUT2D eigenvalue weighted by Gasteiger charge is -2.02. The Morgan fingerprint density at radius 3 is 2.54 bits per heavy atom. The summed E-state index contributed by atoms with van der Waals surface area (Å²) in [7, 11) is 0. The molecule has 0 heterocycles. The minimum absolute atomic E-state index is 0.383. The predicted molar refractivity (Wildman–Crippen MR) is 43.0 cm³/mol. The van der Waals surface area contributed by atoms with Crippen molar-refractivity contribution in [2.24, 2.45) is 5.84 Å². The van der Waals surface area contributed by atoms with Crippen LogP contribution in [0.1, 0.15) is 10.4 Å². The van der Waals surface area contributed by atoms with Crippen molar-refractivity contribution < 1.29 is 13.6 Å². The van der Waals surface area contributed by atoms with Gasteiger partial charge in [0.1, 0.15) is 11.6 Å². The smallest absolute Gasteiger partial charge is 0.268 e. The first-order valence-corrected chi connectivity index (χ1v) is 3.59. The zero-order valence-corrected chi connectivity index (χ0v) is 7.03. The first kappa shape index (κ1) is 9.88. The lowest BCUT2D eigenvalue weighted by molar-refractivity contribution is 0.0949. The van der Waals surface area contributed by atoms with Gasteiger partial charge in [0.15, 0.2) is 0 Å². The van der Waals surface area contributed by atoms with Gasteiger partial charge in [0.25, 0.3) is 5.91 Å². The van der Waals surface area contributed by atoms with Gasteiger partial charge in [-0.1, -0.05) is 11.6 Å². The second-order valence-corrected chi connectivity index (χ2v) is 2.63. The van der Waals surface area contributed by atoms with Crippen molar-refractivity contribution in [3.63, 3.8) is 0 Å². The molecule has 13 heavy (non-hydrogen) atoms. The summed E-state index contributed by atoms with van der Waals surface area (Å²) in [5.41, 5.74) is 1.20. The number of nitrogens with two attached hydrogens (primary N) is 1. The molecule has 1 rings (SSSR count). The van der Waals surface area contributed by atoms with Crippen molar-refractivity contribution in [2.45, 2.75) is 0 Å². The van der Waals surface area contributed by atoms with Gasteiger partial charge in [0.2, 0.25) is 0 Å². The van der Waals surface area contributed by atoms with Crippen molar-refractivity contribution in [2.75, 3.05) is 0 Å². The molecule has 70 valence electrons. The lowest BCUT2D eigenvalue weighted by Crippen LogP contribution is -2.30. The van der Waals surface area contributed by atoms with Crippen LogP contribution in [-0.2, 0) is 0 Å². The molecule has 0 aliphatic heterocycles. The number of hydrogen-bond donors (Lipinski definition) is 2. The number of hydrazine groups is 1. The largest absolute Gasteiger partial charge is 0.290 e. The zero-order chi connectivity index (χ0) is 10.0. The van der Waals surface area contributed by atoms with Crippen LogP contribution in [0.2, 0.25) is 5.02 Å². The number of benzene rings is 1. The molecule has 0 radical (unpaired) electrons. The number of carbonyl (C=O) groups excluding carboxylic acids is 1. The Hall–Kier alpha value is -1.20. The third-order valence-corrected chi connectivity index (χ3v) is 1.68. The molecule has 3 nitrogen and oxygen atoms in total. The van der Waals surface area contributed by atoms with E-state index in [4.69, 9.17) is 17.4 Å². The normalized spacial score (nSPS) is 9.85. The number of nitrogen functional groups attached to an aromatic ring is 1. The Morgan fingerprint density at radius 2 is 2.00 bits per heavy atom. The summed E-state index contributed by atoms with van der Waals surface area (Å²) < 4.78 is 25.6. The minimum atomic E-state index is -0.922. The third kappa shape index (κ3) is 1.93. The zero-order valence-electron chi connectivity index (χ0n) is 6.27. The van der Waals surface area contributed by atoms with Gasteiger partial charge in [-0.2, -0.15) is 0 Å².